The second-order valence-corrected chi connectivity index (χ2v) is 4.87. The molecule has 0 unspecified atom stereocenters. The van der Waals surface area contributed by atoms with E-state index in [2.05, 4.69) is 5.32 Å². The maximum absolute atomic E-state index is 12.0. The Kier molecular flexibility index (Phi) is 4.95. The standard InChI is InChI=1S/C16H14ClNO3/c1-11(19)18-14-6-3-7-15(9-14)21-10-16(20)12-4-2-5-13(17)8-12/h2-9H,10H2,1H3,(H,18,19). The van der Waals surface area contributed by atoms with Crippen LogP contribution in [0.4, 0.5) is 5.69 Å². The summed E-state index contributed by atoms with van der Waals surface area (Å²) in [7, 11) is 0. The molecular formula is C16H14ClNO3. The Morgan fingerprint density at radius 3 is 2.62 bits per heavy atom. The number of halogens is 1. The van der Waals surface area contributed by atoms with E-state index >= 15 is 0 Å². The van der Waals surface area contributed by atoms with E-state index in [4.69, 9.17) is 16.3 Å². The summed E-state index contributed by atoms with van der Waals surface area (Å²) >= 11 is 5.84. The molecular weight excluding hydrogens is 290 g/mol. The molecule has 0 bridgehead atoms. The van der Waals surface area contributed by atoms with Crippen LogP contribution >= 0.6 is 11.6 Å². The van der Waals surface area contributed by atoms with E-state index in [9.17, 15) is 9.59 Å². The number of anilines is 1. The molecule has 1 N–H and O–H groups in total. The summed E-state index contributed by atoms with van der Waals surface area (Å²) in [6, 6.07) is 13.6. The zero-order chi connectivity index (χ0) is 15.2. The Morgan fingerprint density at radius 2 is 1.90 bits per heavy atom. The molecule has 2 rings (SSSR count). The lowest BCUT2D eigenvalue weighted by molar-refractivity contribution is -0.114. The van der Waals surface area contributed by atoms with Gasteiger partial charge in [0, 0.05) is 29.3 Å². The maximum atomic E-state index is 12.0. The minimum Gasteiger partial charge on any atom is -0.485 e. The Bertz CT molecular complexity index is 670. The topological polar surface area (TPSA) is 55.4 Å². The van der Waals surface area contributed by atoms with Crippen molar-refractivity contribution in [3.63, 3.8) is 0 Å². The molecule has 108 valence electrons. The number of carbonyl (C=O) groups excluding carboxylic acids is 2. The van der Waals surface area contributed by atoms with E-state index in [1.807, 2.05) is 0 Å². The van der Waals surface area contributed by atoms with Gasteiger partial charge in [-0.15, -0.1) is 0 Å². The van der Waals surface area contributed by atoms with E-state index in [0.29, 0.717) is 22.0 Å². The number of carbonyl (C=O) groups is 2. The third-order valence-corrected chi connectivity index (χ3v) is 2.91. The van der Waals surface area contributed by atoms with Crippen LogP contribution in [0, 0.1) is 0 Å². The SMILES string of the molecule is CC(=O)Nc1cccc(OCC(=O)c2cccc(Cl)c2)c1. The molecule has 0 saturated heterocycles. The first kappa shape index (κ1) is 15.1. The van der Waals surface area contributed by atoms with Crippen LogP contribution in [0.15, 0.2) is 48.5 Å². The number of benzene rings is 2. The van der Waals surface area contributed by atoms with Crippen LogP contribution in [0.2, 0.25) is 5.02 Å². The Labute approximate surface area is 127 Å². The molecule has 0 heterocycles. The van der Waals surface area contributed by atoms with Crippen molar-refractivity contribution in [2.75, 3.05) is 11.9 Å². The average molecular weight is 304 g/mol. The molecule has 0 fully saturated rings. The minimum atomic E-state index is -0.165. The Hall–Kier alpha value is -2.33. The first-order valence-corrected chi connectivity index (χ1v) is 6.71. The van der Waals surface area contributed by atoms with E-state index in [0.717, 1.165) is 0 Å². The summed E-state index contributed by atoms with van der Waals surface area (Å²) in [5.41, 5.74) is 1.12. The summed E-state index contributed by atoms with van der Waals surface area (Å²) in [6.45, 7) is 1.33. The van der Waals surface area contributed by atoms with Crippen molar-refractivity contribution in [2.24, 2.45) is 0 Å². The molecule has 0 aliphatic carbocycles. The second-order valence-electron chi connectivity index (χ2n) is 4.43. The van der Waals surface area contributed by atoms with Gasteiger partial charge in [-0.25, -0.2) is 0 Å². The lowest BCUT2D eigenvalue weighted by Gasteiger charge is -2.08. The molecule has 2 aromatic carbocycles. The van der Waals surface area contributed by atoms with Gasteiger partial charge in [-0.1, -0.05) is 29.8 Å². The van der Waals surface area contributed by atoms with Gasteiger partial charge < -0.3 is 10.1 Å². The van der Waals surface area contributed by atoms with Gasteiger partial charge in [0.05, 0.1) is 0 Å². The Morgan fingerprint density at radius 1 is 1.14 bits per heavy atom. The summed E-state index contributed by atoms with van der Waals surface area (Å²) in [5.74, 6) is 0.182. The van der Waals surface area contributed by atoms with Crippen molar-refractivity contribution >= 4 is 29.0 Å². The highest BCUT2D eigenvalue weighted by Crippen LogP contribution is 2.18. The van der Waals surface area contributed by atoms with Crippen molar-refractivity contribution in [2.45, 2.75) is 6.92 Å². The van der Waals surface area contributed by atoms with Gasteiger partial charge in [0.25, 0.3) is 0 Å². The third-order valence-electron chi connectivity index (χ3n) is 2.67. The van der Waals surface area contributed by atoms with Crippen LogP contribution in [0.1, 0.15) is 17.3 Å². The van der Waals surface area contributed by atoms with E-state index in [1.165, 1.54) is 6.92 Å². The van der Waals surface area contributed by atoms with Crippen LogP contribution in [0.5, 0.6) is 5.75 Å². The molecule has 0 aliphatic rings. The number of rotatable bonds is 5. The fraction of sp³-hybridized carbons (Fsp3) is 0.125. The molecule has 0 radical (unpaired) electrons. The average Bonchev–Trinajstić information content (AvgIpc) is 2.44. The van der Waals surface area contributed by atoms with E-state index in [1.54, 1.807) is 48.5 Å². The normalized spacial score (nSPS) is 10.0. The third kappa shape index (κ3) is 4.61. The van der Waals surface area contributed by atoms with Crippen LogP contribution in [-0.2, 0) is 4.79 Å². The molecule has 0 spiro atoms. The van der Waals surface area contributed by atoms with Crippen molar-refractivity contribution in [1.29, 1.82) is 0 Å². The van der Waals surface area contributed by atoms with Crippen LogP contribution in [0.3, 0.4) is 0 Å². The molecule has 0 saturated carbocycles. The smallest absolute Gasteiger partial charge is 0.221 e. The van der Waals surface area contributed by atoms with Crippen molar-refractivity contribution in [3.05, 3.63) is 59.1 Å². The van der Waals surface area contributed by atoms with Gasteiger partial charge in [-0.05, 0) is 24.3 Å². The highest BCUT2D eigenvalue weighted by molar-refractivity contribution is 6.31. The number of nitrogens with one attached hydrogen (secondary N) is 1. The Balaban J connectivity index is 1.99. The number of amides is 1. The molecule has 0 atom stereocenters. The van der Waals surface area contributed by atoms with Gasteiger partial charge in [-0.3, -0.25) is 9.59 Å². The number of hydrogen-bond acceptors (Lipinski definition) is 3. The number of Topliss-reactive ketones (excluding diaryl/α,β-unsaturated/α-hetero) is 1. The first-order valence-electron chi connectivity index (χ1n) is 6.34. The van der Waals surface area contributed by atoms with Gasteiger partial charge in [0.1, 0.15) is 5.75 Å². The molecule has 4 nitrogen and oxygen atoms in total. The highest BCUT2D eigenvalue weighted by atomic mass is 35.5. The molecule has 21 heavy (non-hydrogen) atoms. The molecule has 5 heteroatoms. The summed E-state index contributed by atoms with van der Waals surface area (Å²) in [5, 5.41) is 3.16. The molecule has 0 aliphatic heterocycles. The maximum Gasteiger partial charge on any atom is 0.221 e. The predicted octanol–water partition coefficient (Wildman–Crippen LogP) is 3.56. The van der Waals surface area contributed by atoms with Crippen LogP contribution in [0.25, 0.3) is 0 Å². The van der Waals surface area contributed by atoms with Crippen molar-refractivity contribution in [3.8, 4) is 5.75 Å². The summed E-state index contributed by atoms with van der Waals surface area (Å²) in [4.78, 5) is 23.0. The zero-order valence-electron chi connectivity index (χ0n) is 11.4. The van der Waals surface area contributed by atoms with Crippen molar-refractivity contribution < 1.29 is 14.3 Å². The monoisotopic (exact) mass is 303 g/mol. The van der Waals surface area contributed by atoms with Crippen LogP contribution in [-0.4, -0.2) is 18.3 Å². The van der Waals surface area contributed by atoms with Crippen molar-refractivity contribution in [1.82, 2.24) is 0 Å². The summed E-state index contributed by atoms with van der Waals surface area (Å²) in [6.07, 6.45) is 0. The van der Waals surface area contributed by atoms with E-state index in [-0.39, 0.29) is 18.3 Å². The molecule has 1 amide bonds. The fourth-order valence-corrected chi connectivity index (χ4v) is 1.95. The molecule has 2 aromatic rings. The quantitative estimate of drug-likeness (QED) is 0.859. The molecule has 0 aromatic heterocycles. The van der Waals surface area contributed by atoms with Crippen LogP contribution < -0.4 is 10.1 Å². The minimum absolute atomic E-state index is 0.0934. The fourth-order valence-electron chi connectivity index (χ4n) is 1.76. The lowest BCUT2D eigenvalue weighted by Crippen LogP contribution is -2.12. The van der Waals surface area contributed by atoms with Gasteiger partial charge in [-0.2, -0.15) is 0 Å². The number of hydrogen-bond donors (Lipinski definition) is 1. The summed E-state index contributed by atoms with van der Waals surface area (Å²) < 4.78 is 5.44. The first-order chi connectivity index (χ1) is 10.0. The van der Waals surface area contributed by atoms with Gasteiger partial charge >= 0.3 is 0 Å². The van der Waals surface area contributed by atoms with Gasteiger partial charge in [0.15, 0.2) is 12.4 Å². The predicted molar refractivity (Wildman–Crippen MR) is 82.0 cm³/mol. The second kappa shape index (κ2) is 6.90. The van der Waals surface area contributed by atoms with E-state index < -0.39 is 0 Å². The number of ketones is 1. The number of ether oxygens (including phenoxy) is 1. The van der Waals surface area contributed by atoms with Gasteiger partial charge in [0.2, 0.25) is 5.91 Å². The zero-order valence-corrected chi connectivity index (χ0v) is 12.2. The largest absolute Gasteiger partial charge is 0.485 e. The lowest BCUT2D eigenvalue weighted by atomic mass is 10.1. The highest BCUT2D eigenvalue weighted by Gasteiger charge is 2.07.